The highest BCUT2D eigenvalue weighted by atomic mass is 16.2. The molecule has 1 atom stereocenters. The molecule has 110 valence electrons. The summed E-state index contributed by atoms with van der Waals surface area (Å²) >= 11 is 0. The van der Waals surface area contributed by atoms with Crippen LogP contribution in [0, 0.1) is 6.92 Å². The lowest BCUT2D eigenvalue weighted by Gasteiger charge is -2.43. The molecule has 0 bridgehead atoms. The van der Waals surface area contributed by atoms with Crippen LogP contribution in [0.15, 0.2) is 6.07 Å². The van der Waals surface area contributed by atoms with Crippen LogP contribution in [0.25, 0.3) is 0 Å². The van der Waals surface area contributed by atoms with Gasteiger partial charge in [-0.3, -0.25) is 19.3 Å². The maximum absolute atomic E-state index is 12.4. The van der Waals surface area contributed by atoms with Gasteiger partial charge in [-0.05, 0) is 57.2 Å². The molecule has 4 heteroatoms. The van der Waals surface area contributed by atoms with Crippen LogP contribution in [0.1, 0.15) is 71.9 Å². The van der Waals surface area contributed by atoms with E-state index < -0.39 is 11.7 Å². The summed E-state index contributed by atoms with van der Waals surface area (Å²) in [6, 6.07) is 1.87. The third-order valence-corrected chi connectivity index (χ3v) is 4.76. The predicted molar refractivity (Wildman–Crippen MR) is 80.1 cm³/mol. The maximum atomic E-state index is 12.4. The first-order chi connectivity index (χ1) is 9.66. The number of benzene rings is 1. The van der Waals surface area contributed by atoms with Gasteiger partial charge in [0.15, 0.2) is 5.78 Å². The van der Waals surface area contributed by atoms with Gasteiger partial charge in [-0.25, -0.2) is 0 Å². The van der Waals surface area contributed by atoms with Gasteiger partial charge < -0.3 is 0 Å². The molecular formula is C17H19NO3. The van der Waals surface area contributed by atoms with Crippen LogP contribution in [0.2, 0.25) is 0 Å². The molecule has 4 nitrogen and oxygen atoms in total. The topological polar surface area (TPSA) is 54.5 Å². The fraction of sp³-hybridized carbons (Fsp3) is 0.471. The van der Waals surface area contributed by atoms with Crippen molar-refractivity contribution in [1.82, 2.24) is 0 Å². The standard InChI is InChI=1S/C17H19NO3/c1-8-7-17(4,5)18-14-11(8)6-12(10(3)19)9(2)13(14)15(20)16(18)21/h6,8H,7H2,1-5H3. The van der Waals surface area contributed by atoms with Gasteiger partial charge in [0.25, 0.3) is 11.7 Å². The summed E-state index contributed by atoms with van der Waals surface area (Å²) in [5.41, 5.74) is 2.91. The molecule has 1 aromatic carbocycles. The average Bonchev–Trinajstić information content (AvgIpc) is 2.61. The molecule has 1 unspecified atom stereocenters. The molecule has 0 radical (unpaired) electrons. The molecular weight excluding hydrogens is 266 g/mol. The first kappa shape index (κ1) is 14.0. The summed E-state index contributed by atoms with van der Waals surface area (Å²) in [5, 5.41) is 0. The van der Waals surface area contributed by atoms with Crippen molar-refractivity contribution >= 4 is 23.2 Å². The Labute approximate surface area is 124 Å². The molecule has 0 aliphatic carbocycles. The second kappa shape index (κ2) is 4.03. The SMILES string of the molecule is CC(=O)c1cc2c3c(c1C)C(=O)C(=O)N3C(C)(C)CC2C. The molecule has 21 heavy (non-hydrogen) atoms. The smallest absolute Gasteiger partial charge is 0.299 e. The first-order valence-electron chi connectivity index (χ1n) is 7.24. The van der Waals surface area contributed by atoms with E-state index >= 15 is 0 Å². The summed E-state index contributed by atoms with van der Waals surface area (Å²) < 4.78 is 0. The zero-order valence-electron chi connectivity index (χ0n) is 13.0. The fourth-order valence-corrected chi connectivity index (χ4v) is 3.89. The normalized spacial score (nSPS) is 22.5. The first-order valence-corrected chi connectivity index (χ1v) is 7.24. The monoisotopic (exact) mass is 285 g/mol. The van der Waals surface area contributed by atoms with Crippen molar-refractivity contribution in [3.63, 3.8) is 0 Å². The van der Waals surface area contributed by atoms with E-state index in [1.54, 1.807) is 11.8 Å². The molecule has 0 aromatic heterocycles. The minimum atomic E-state index is -0.478. The lowest BCUT2D eigenvalue weighted by Crippen LogP contribution is -2.50. The number of carbonyl (C=O) groups is 3. The van der Waals surface area contributed by atoms with Gasteiger partial charge in [0.2, 0.25) is 0 Å². The van der Waals surface area contributed by atoms with Crippen LogP contribution < -0.4 is 4.90 Å². The van der Waals surface area contributed by atoms with Crippen LogP contribution in [0.5, 0.6) is 0 Å². The zero-order valence-corrected chi connectivity index (χ0v) is 13.0. The van der Waals surface area contributed by atoms with Crippen molar-refractivity contribution < 1.29 is 14.4 Å². The van der Waals surface area contributed by atoms with Crippen molar-refractivity contribution in [2.45, 2.75) is 52.5 Å². The van der Waals surface area contributed by atoms with Crippen molar-refractivity contribution in [3.8, 4) is 0 Å². The number of nitrogens with zero attached hydrogens (tertiary/aromatic N) is 1. The van der Waals surface area contributed by atoms with Crippen molar-refractivity contribution in [3.05, 3.63) is 28.3 Å². The number of hydrogen-bond acceptors (Lipinski definition) is 3. The third kappa shape index (κ3) is 1.65. The number of carbonyl (C=O) groups excluding carboxylic acids is 3. The van der Waals surface area contributed by atoms with E-state index in [-0.39, 0.29) is 17.2 Å². The Morgan fingerprint density at radius 1 is 1.33 bits per heavy atom. The highest BCUT2D eigenvalue weighted by molar-refractivity contribution is 6.53. The number of Topliss-reactive ketones (excluding diaryl/α,β-unsaturated/α-hetero) is 2. The molecule has 2 heterocycles. The summed E-state index contributed by atoms with van der Waals surface area (Å²) in [7, 11) is 0. The van der Waals surface area contributed by atoms with Crippen LogP contribution in [-0.2, 0) is 4.79 Å². The average molecular weight is 285 g/mol. The molecule has 1 aromatic rings. The van der Waals surface area contributed by atoms with Gasteiger partial charge >= 0.3 is 0 Å². The third-order valence-electron chi connectivity index (χ3n) is 4.76. The molecule has 0 N–H and O–H groups in total. The highest BCUT2D eigenvalue weighted by Crippen LogP contribution is 2.50. The number of amides is 1. The number of anilines is 1. The van der Waals surface area contributed by atoms with Crippen molar-refractivity contribution in [2.75, 3.05) is 4.90 Å². The minimum absolute atomic E-state index is 0.0673. The molecule has 0 spiro atoms. The second-order valence-electron chi connectivity index (χ2n) is 6.81. The quantitative estimate of drug-likeness (QED) is 0.588. The van der Waals surface area contributed by atoms with E-state index in [9.17, 15) is 14.4 Å². The van der Waals surface area contributed by atoms with Crippen LogP contribution in [-0.4, -0.2) is 23.0 Å². The van der Waals surface area contributed by atoms with E-state index in [4.69, 9.17) is 0 Å². The molecule has 3 rings (SSSR count). The lowest BCUT2D eigenvalue weighted by molar-refractivity contribution is -0.115. The van der Waals surface area contributed by atoms with Crippen LogP contribution in [0.4, 0.5) is 5.69 Å². The maximum Gasteiger partial charge on any atom is 0.299 e. The second-order valence-corrected chi connectivity index (χ2v) is 6.81. The molecule has 0 saturated carbocycles. The Morgan fingerprint density at radius 2 is 1.95 bits per heavy atom. The summed E-state index contributed by atoms with van der Waals surface area (Å²) in [5.74, 6) is -0.800. The predicted octanol–water partition coefficient (Wildman–Crippen LogP) is 3.01. The van der Waals surface area contributed by atoms with Gasteiger partial charge in [0.05, 0.1) is 11.3 Å². The van der Waals surface area contributed by atoms with Crippen LogP contribution >= 0.6 is 0 Å². The summed E-state index contributed by atoms with van der Waals surface area (Å²) in [6.07, 6.45) is 0.777. The van der Waals surface area contributed by atoms with E-state index in [1.165, 1.54) is 6.92 Å². The Kier molecular flexibility index (Phi) is 2.68. The number of rotatable bonds is 1. The molecule has 1 amide bonds. The fourth-order valence-electron chi connectivity index (χ4n) is 3.89. The summed E-state index contributed by atoms with van der Waals surface area (Å²) in [6.45, 7) is 9.31. The lowest BCUT2D eigenvalue weighted by atomic mass is 9.78. The summed E-state index contributed by atoms with van der Waals surface area (Å²) in [4.78, 5) is 38.3. The van der Waals surface area contributed by atoms with Crippen LogP contribution in [0.3, 0.4) is 0 Å². The van der Waals surface area contributed by atoms with E-state index in [0.29, 0.717) is 16.7 Å². The van der Waals surface area contributed by atoms with E-state index in [0.717, 1.165) is 17.7 Å². The molecule has 2 aliphatic heterocycles. The largest absolute Gasteiger partial charge is 0.299 e. The molecule has 0 fully saturated rings. The van der Waals surface area contributed by atoms with Crippen molar-refractivity contribution in [2.24, 2.45) is 0 Å². The van der Waals surface area contributed by atoms with E-state index in [2.05, 4.69) is 6.92 Å². The molecule has 2 aliphatic rings. The Morgan fingerprint density at radius 3 is 2.52 bits per heavy atom. The van der Waals surface area contributed by atoms with Gasteiger partial charge in [-0.2, -0.15) is 0 Å². The number of hydrogen-bond donors (Lipinski definition) is 0. The number of ketones is 2. The van der Waals surface area contributed by atoms with E-state index in [1.807, 2.05) is 19.9 Å². The van der Waals surface area contributed by atoms with Gasteiger partial charge in [0, 0.05) is 11.1 Å². The Bertz CT molecular complexity index is 715. The highest BCUT2D eigenvalue weighted by Gasteiger charge is 2.50. The van der Waals surface area contributed by atoms with Gasteiger partial charge in [0.1, 0.15) is 0 Å². The van der Waals surface area contributed by atoms with Crippen molar-refractivity contribution in [1.29, 1.82) is 0 Å². The Hall–Kier alpha value is -1.97. The Balaban J connectivity index is 2.42. The van der Waals surface area contributed by atoms with Gasteiger partial charge in [-0.1, -0.05) is 6.92 Å². The minimum Gasteiger partial charge on any atom is -0.299 e. The zero-order chi connectivity index (χ0) is 15.7. The van der Waals surface area contributed by atoms with Gasteiger partial charge in [-0.15, -0.1) is 0 Å². The molecule has 0 saturated heterocycles.